The summed E-state index contributed by atoms with van der Waals surface area (Å²) in [6.45, 7) is 4.03. The molecule has 0 atom stereocenters. The molecule has 6 nitrogen and oxygen atoms in total. The van der Waals surface area contributed by atoms with Crippen molar-refractivity contribution in [1.82, 2.24) is 24.8 Å². The van der Waals surface area contributed by atoms with E-state index in [1.165, 1.54) is 0 Å². The summed E-state index contributed by atoms with van der Waals surface area (Å²) in [5.74, 6) is 0.590. The summed E-state index contributed by atoms with van der Waals surface area (Å²) in [5, 5.41) is 1.58. The topological polar surface area (TPSA) is 74.8 Å². The number of fused-ring (bicyclic) bond motifs is 2. The summed E-state index contributed by atoms with van der Waals surface area (Å²) in [7, 11) is 0. The molecule has 0 saturated carbocycles. The fraction of sp³-hybridized carbons (Fsp3) is 0.217. The Morgan fingerprint density at radius 3 is 2.80 bits per heavy atom. The molecule has 0 aliphatic carbocycles. The Bertz CT molecular complexity index is 1300. The zero-order valence-electron chi connectivity index (χ0n) is 16.5. The molecule has 0 fully saturated rings. The molecule has 5 rings (SSSR count). The molecular formula is C23H20ClN5O. The van der Waals surface area contributed by atoms with Crippen LogP contribution in [0.1, 0.15) is 22.4 Å². The number of halogens is 1. The zero-order valence-corrected chi connectivity index (χ0v) is 17.3. The Labute approximate surface area is 178 Å². The number of hydrogen-bond acceptors (Lipinski definition) is 5. The lowest BCUT2D eigenvalue weighted by molar-refractivity contribution is 0.242. The minimum Gasteiger partial charge on any atom is -0.306 e. The van der Waals surface area contributed by atoms with Crippen molar-refractivity contribution in [2.75, 3.05) is 6.54 Å². The Hall–Kier alpha value is -3.09. The van der Waals surface area contributed by atoms with Gasteiger partial charge in [-0.15, -0.1) is 0 Å². The lowest BCUT2D eigenvalue weighted by Gasteiger charge is -2.28. The van der Waals surface area contributed by atoms with E-state index in [1.807, 2.05) is 25.1 Å². The Balaban J connectivity index is 1.41. The number of aryl methyl sites for hydroxylation is 1. The number of benzene rings is 1. The molecule has 30 heavy (non-hydrogen) atoms. The number of rotatable bonds is 3. The van der Waals surface area contributed by atoms with Gasteiger partial charge in [-0.2, -0.15) is 0 Å². The fourth-order valence-electron chi connectivity index (χ4n) is 3.91. The van der Waals surface area contributed by atoms with Gasteiger partial charge in [-0.05, 0) is 36.8 Å². The zero-order chi connectivity index (χ0) is 20.7. The molecule has 4 heterocycles. The maximum absolute atomic E-state index is 12.8. The summed E-state index contributed by atoms with van der Waals surface area (Å²) in [6.07, 6.45) is 4.10. The van der Waals surface area contributed by atoms with Crippen LogP contribution in [-0.2, 0) is 19.5 Å². The van der Waals surface area contributed by atoms with Crippen molar-refractivity contribution in [3.05, 3.63) is 86.7 Å². The SMILES string of the molecule is Cc1ccc2cc(CN3CCc4nc(-c5ccncc5)[nH]c(=O)c4C3)c(Cl)nc2c1. The van der Waals surface area contributed by atoms with E-state index in [0.717, 1.165) is 51.8 Å². The first-order valence-corrected chi connectivity index (χ1v) is 10.3. The molecule has 4 aromatic rings. The van der Waals surface area contributed by atoms with Crippen LogP contribution in [0.4, 0.5) is 0 Å². The van der Waals surface area contributed by atoms with Gasteiger partial charge in [-0.3, -0.25) is 14.7 Å². The van der Waals surface area contributed by atoms with E-state index in [1.54, 1.807) is 12.4 Å². The number of nitrogens with zero attached hydrogens (tertiary/aromatic N) is 4. The summed E-state index contributed by atoms with van der Waals surface area (Å²) in [4.78, 5) is 31.2. The maximum atomic E-state index is 12.8. The number of H-pyrrole nitrogens is 1. The van der Waals surface area contributed by atoms with Crippen LogP contribution in [-0.4, -0.2) is 31.4 Å². The highest BCUT2D eigenvalue weighted by molar-refractivity contribution is 6.30. The fourth-order valence-corrected chi connectivity index (χ4v) is 4.12. The van der Waals surface area contributed by atoms with Crippen molar-refractivity contribution < 1.29 is 0 Å². The molecule has 3 aromatic heterocycles. The third-order valence-corrected chi connectivity index (χ3v) is 5.82. The van der Waals surface area contributed by atoms with Crippen LogP contribution in [0.3, 0.4) is 0 Å². The molecule has 0 radical (unpaired) electrons. The number of aromatic nitrogens is 4. The minimum atomic E-state index is -0.0882. The van der Waals surface area contributed by atoms with Gasteiger partial charge >= 0.3 is 0 Å². The van der Waals surface area contributed by atoms with Crippen LogP contribution in [0.2, 0.25) is 5.15 Å². The van der Waals surface area contributed by atoms with Gasteiger partial charge in [0.05, 0.1) is 16.8 Å². The van der Waals surface area contributed by atoms with Gasteiger partial charge in [0.25, 0.3) is 5.56 Å². The van der Waals surface area contributed by atoms with Crippen LogP contribution < -0.4 is 5.56 Å². The maximum Gasteiger partial charge on any atom is 0.255 e. The predicted molar refractivity (Wildman–Crippen MR) is 117 cm³/mol. The predicted octanol–water partition coefficient (Wildman–Crippen LogP) is 3.90. The van der Waals surface area contributed by atoms with Gasteiger partial charge in [-0.25, -0.2) is 9.97 Å². The Morgan fingerprint density at radius 2 is 1.97 bits per heavy atom. The molecule has 150 valence electrons. The van der Waals surface area contributed by atoms with E-state index >= 15 is 0 Å². The van der Waals surface area contributed by atoms with Crippen molar-refractivity contribution in [1.29, 1.82) is 0 Å². The lowest BCUT2D eigenvalue weighted by atomic mass is 10.0. The van der Waals surface area contributed by atoms with Crippen molar-refractivity contribution in [2.45, 2.75) is 26.4 Å². The third kappa shape index (κ3) is 3.60. The van der Waals surface area contributed by atoms with E-state index < -0.39 is 0 Å². The summed E-state index contributed by atoms with van der Waals surface area (Å²) < 4.78 is 0. The quantitative estimate of drug-likeness (QED) is 0.512. The standard InChI is InChI=1S/C23H20ClN5O/c1-14-2-3-16-11-17(21(24)26-20(16)10-14)12-29-9-6-19-18(13-29)23(30)28-22(27-19)15-4-7-25-8-5-15/h2-5,7-8,10-11H,6,9,12-13H2,1H3,(H,27,28,30). The summed E-state index contributed by atoms with van der Waals surface area (Å²) >= 11 is 6.47. The van der Waals surface area contributed by atoms with Crippen LogP contribution in [0.5, 0.6) is 0 Å². The second kappa shape index (κ2) is 7.63. The van der Waals surface area contributed by atoms with Crippen molar-refractivity contribution in [3.63, 3.8) is 0 Å². The molecule has 1 aliphatic heterocycles. The van der Waals surface area contributed by atoms with Gasteiger partial charge in [0.15, 0.2) is 0 Å². The second-order valence-electron chi connectivity index (χ2n) is 7.67. The van der Waals surface area contributed by atoms with Crippen LogP contribution in [0, 0.1) is 6.92 Å². The van der Waals surface area contributed by atoms with E-state index in [4.69, 9.17) is 16.6 Å². The van der Waals surface area contributed by atoms with Crippen molar-refractivity contribution in [3.8, 4) is 11.4 Å². The molecule has 1 N–H and O–H groups in total. The van der Waals surface area contributed by atoms with Gasteiger partial charge in [0, 0.05) is 55.0 Å². The number of nitrogens with one attached hydrogen (secondary N) is 1. The van der Waals surface area contributed by atoms with E-state index in [2.05, 4.69) is 38.1 Å². The van der Waals surface area contributed by atoms with Gasteiger partial charge in [0.2, 0.25) is 0 Å². The second-order valence-corrected chi connectivity index (χ2v) is 8.03. The monoisotopic (exact) mass is 417 g/mol. The normalized spacial score (nSPS) is 14.1. The first kappa shape index (κ1) is 18.9. The first-order valence-electron chi connectivity index (χ1n) is 9.87. The molecular weight excluding hydrogens is 398 g/mol. The highest BCUT2D eigenvalue weighted by Crippen LogP contribution is 2.25. The average Bonchev–Trinajstić information content (AvgIpc) is 2.75. The molecule has 7 heteroatoms. The van der Waals surface area contributed by atoms with E-state index in [0.29, 0.717) is 24.1 Å². The summed E-state index contributed by atoms with van der Waals surface area (Å²) in [6, 6.07) is 12.0. The molecule has 1 aliphatic rings. The van der Waals surface area contributed by atoms with Crippen LogP contribution in [0.25, 0.3) is 22.3 Å². The van der Waals surface area contributed by atoms with Crippen molar-refractivity contribution in [2.24, 2.45) is 0 Å². The number of pyridine rings is 2. The molecule has 0 unspecified atom stereocenters. The highest BCUT2D eigenvalue weighted by atomic mass is 35.5. The molecule has 0 spiro atoms. The number of hydrogen-bond donors (Lipinski definition) is 1. The third-order valence-electron chi connectivity index (χ3n) is 5.49. The highest BCUT2D eigenvalue weighted by Gasteiger charge is 2.22. The molecule has 0 saturated heterocycles. The smallest absolute Gasteiger partial charge is 0.255 e. The van der Waals surface area contributed by atoms with Gasteiger partial charge in [0.1, 0.15) is 11.0 Å². The first-order chi connectivity index (χ1) is 14.6. The molecule has 0 amide bonds. The van der Waals surface area contributed by atoms with E-state index in [-0.39, 0.29) is 5.56 Å². The van der Waals surface area contributed by atoms with Crippen LogP contribution in [0.15, 0.2) is 53.6 Å². The van der Waals surface area contributed by atoms with E-state index in [9.17, 15) is 4.79 Å². The largest absolute Gasteiger partial charge is 0.306 e. The minimum absolute atomic E-state index is 0.0882. The number of aromatic amines is 1. The summed E-state index contributed by atoms with van der Waals surface area (Å²) in [5.41, 5.74) is 5.38. The van der Waals surface area contributed by atoms with Gasteiger partial charge in [-0.1, -0.05) is 23.7 Å². The average molecular weight is 418 g/mol. The lowest BCUT2D eigenvalue weighted by Crippen LogP contribution is -2.35. The van der Waals surface area contributed by atoms with Gasteiger partial charge < -0.3 is 4.98 Å². The Morgan fingerprint density at radius 1 is 1.13 bits per heavy atom. The molecule has 1 aromatic carbocycles. The van der Waals surface area contributed by atoms with Crippen LogP contribution >= 0.6 is 11.6 Å². The Kier molecular flexibility index (Phi) is 4.81. The van der Waals surface area contributed by atoms with Crippen molar-refractivity contribution >= 4 is 22.5 Å². The molecule has 0 bridgehead atoms.